The van der Waals surface area contributed by atoms with Gasteiger partial charge in [0.15, 0.2) is 23.2 Å². The monoisotopic (exact) mass is 454 g/mol. The third-order valence-electron chi connectivity index (χ3n) is 4.35. The second-order valence-electron chi connectivity index (χ2n) is 6.53. The van der Waals surface area contributed by atoms with Gasteiger partial charge in [-0.1, -0.05) is 24.3 Å². The lowest BCUT2D eigenvalue weighted by molar-refractivity contribution is -0.145. The fourth-order valence-electron chi connectivity index (χ4n) is 2.98. The first kappa shape index (κ1) is 23.0. The molecule has 1 fully saturated rings. The highest BCUT2D eigenvalue weighted by atomic mass is 32.1. The van der Waals surface area contributed by atoms with Crippen LogP contribution in [0, 0.1) is 0 Å². The summed E-state index contributed by atoms with van der Waals surface area (Å²) in [7, 11) is 0. The Morgan fingerprint density at radius 3 is 2.47 bits per heavy atom. The molecule has 2 aromatic carbocycles. The summed E-state index contributed by atoms with van der Waals surface area (Å²) in [6.07, 6.45) is 1.45. The van der Waals surface area contributed by atoms with E-state index in [0.717, 1.165) is 0 Å². The fourth-order valence-corrected chi connectivity index (χ4v) is 3.26. The summed E-state index contributed by atoms with van der Waals surface area (Å²) in [5, 5.41) is 2.56. The van der Waals surface area contributed by atoms with Gasteiger partial charge in [-0.3, -0.25) is 19.8 Å². The van der Waals surface area contributed by atoms with Gasteiger partial charge in [0, 0.05) is 0 Å². The second-order valence-corrected chi connectivity index (χ2v) is 6.91. The third-order valence-corrected chi connectivity index (χ3v) is 4.63. The lowest BCUT2D eigenvalue weighted by Crippen LogP contribution is -2.54. The van der Waals surface area contributed by atoms with E-state index in [9.17, 15) is 14.4 Å². The van der Waals surface area contributed by atoms with Crippen molar-refractivity contribution in [2.75, 3.05) is 24.7 Å². The Morgan fingerprint density at radius 1 is 1.03 bits per heavy atom. The number of nitrogens with one attached hydrogen (secondary N) is 1. The zero-order valence-corrected chi connectivity index (χ0v) is 18.4. The number of nitrogens with zero attached hydrogens (tertiary/aromatic N) is 1. The Balaban J connectivity index is 1.89. The van der Waals surface area contributed by atoms with Gasteiger partial charge in [-0.05, 0) is 62.0 Å². The van der Waals surface area contributed by atoms with Crippen molar-refractivity contribution in [2.24, 2.45) is 0 Å². The van der Waals surface area contributed by atoms with Crippen molar-refractivity contribution >= 4 is 46.9 Å². The van der Waals surface area contributed by atoms with Gasteiger partial charge in [0.2, 0.25) is 0 Å². The van der Waals surface area contributed by atoms with Gasteiger partial charge in [-0.2, -0.15) is 0 Å². The summed E-state index contributed by atoms with van der Waals surface area (Å²) in [6.45, 7) is 3.85. The smallest absolute Gasteiger partial charge is 0.344 e. The summed E-state index contributed by atoms with van der Waals surface area (Å²) in [5.74, 6) is -0.917. The quantitative estimate of drug-likeness (QED) is 0.284. The van der Waals surface area contributed by atoms with Crippen LogP contribution in [-0.2, 0) is 19.1 Å². The first-order valence-electron chi connectivity index (χ1n) is 9.96. The molecule has 0 aromatic heterocycles. The predicted octanol–water partition coefficient (Wildman–Crippen LogP) is 2.86. The molecule has 1 saturated heterocycles. The molecule has 2 aromatic rings. The Bertz CT molecular complexity index is 1070. The molecule has 1 heterocycles. The molecule has 32 heavy (non-hydrogen) atoms. The average Bonchev–Trinajstić information content (AvgIpc) is 2.77. The first-order chi connectivity index (χ1) is 15.4. The van der Waals surface area contributed by atoms with Crippen LogP contribution in [0.15, 0.2) is 54.1 Å². The SMILES string of the molecule is CCOC(=O)COc1ccc(/C=C2\C(=O)NC(=S)N(c3ccccc3)C2=O)cc1OCC. The maximum absolute atomic E-state index is 13.1. The van der Waals surface area contributed by atoms with Crippen molar-refractivity contribution in [3.05, 3.63) is 59.7 Å². The number of hydrogen-bond donors (Lipinski definition) is 1. The number of rotatable bonds is 8. The maximum atomic E-state index is 13.1. The highest BCUT2D eigenvalue weighted by Gasteiger charge is 2.34. The normalized spacial score (nSPS) is 14.9. The van der Waals surface area contributed by atoms with Crippen molar-refractivity contribution in [2.45, 2.75) is 13.8 Å². The topological polar surface area (TPSA) is 94.2 Å². The number of thiocarbonyl (C=S) groups is 1. The molecule has 2 amide bonds. The molecule has 1 N–H and O–H groups in total. The number of esters is 1. The number of anilines is 1. The molecule has 166 valence electrons. The van der Waals surface area contributed by atoms with Gasteiger partial charge in [0.1, 0.15) is 5.57 Å². The molecule has 8 nitrogen and oxygen atoms in total. The molecular formula is C23H22N2O6S. The Labute approximate surface area is 190 Å². The van der Waals surface area contributed by atoms with Crippen LogP contribution in [0.25, 0.3) is 6.08 Å². The Kier molecular flexibility index (Phi) is 7.56. The minimum atomic E-state index is -0.590. The number of ether oxygens (including phenoxy) is 3. The number of carbonyl (C=O) groups excluding carboxylic acids is 3. The van der Waals surface area contributed by atoms with E-state index in [1.54, 1.807) is 56.3 Å². The van der Waals surface area contributed by atoms with Crippen LogP contribution in [-0.4, -0.2) is 42.7 Å². The number of hydrogen-bond acceptors (Lipinski definition) is 7. The van der Waals surface area contributed by atoms with Crippen LogP contribution < -0.4 is 19.7 Å². The molecule has 3 rings (SSSR count). The summed E-state index contributed by atoms with van der Waals surface area (Å²) < 4.78 is 15.9. The van der Waals surface area contributed by atoms with E-state index in [1.165, 1.54) is 11.0 Å². The lowest BCUT2D eigenvalue weighted by Gasteiger charge is -2.28. The average molecular weight is 455 g/mol. The molecular weight excluding hydrogens is 432 g/mol. The maximum Gasteiger partial charge on any atom is 0.344 e. The summed E-state index contributed by atoms with van der Waals surface area (Å²) in [6, 6.07) is 13.7. The van der Waals surface area contributed by atoms with E-state index < -0.39 is 17.8 Å². The van der Waals surface area contributed by atoms with E-state index in [1.807, 2.05) is 6.07 Å². The van der Waals surface area contributed by atoms with Crippen molar-refractivity contribution in [3.8, 4) is 11.5 Å². The molecule has 0 unspecified atom stereocenters. The molecule has 0 aliphatic carbocycles. The van der Waals surface area contributed by atoms with Gasteiger partial charge >= 0.3 is 5.97 Å². The highest BCUT2D eigenvalue weighted by molar-refractivity contribution is 7.80. The standard InChI is InChI=1S/C23H22N2O6S/c1-3-29-19-13-15(10-11-18(19)31-14-20(26)30-4-2)12-17-21(27)24-23(32)25(22(17)28)16-8-6-5-7-9-16/h5-13H,3-4,14H2,1-2H3,(H,24,27,32)/b17-12+. The minimum Gasteiger partial charge on any atom is -0.490 e. The van der Waals surface area contributed by atoms with Crippen molar-refractivity contribution in [3.63, 3.8) is 0 Å². The zero-order chi connectivity index (χ0) is 23.1. The third kappa shape index (κ3) is 5.30. The van der Waals surface area contributed by atoms with E-state index in [0.29, 0.717) is 29.4 Å². The van der Waals surface area contributed by atoms with Crippen molar-refractivity contribution in [1.82, 2.24) is 5.32 Å². The minimum absolute atomic E-state index is 0.0149. The number of amides is 2. The van der Waals surface area contributed by atoms with Crippen LogP contribution in [0.2, 0.25) is 0 Å². The molecule has 1 aliphatic heterocycles. The highest BCUT2D eigenvalue weighted by Crippen LogP contribution is 2.30. The van der Waals surface area contributed by atoms with Gasteiger partial charge < -0.3 is 14.2 Å². The van der Waals surface area contributed by atoms with Crippen LogP contribution in [0.4, 0.5) is 5.69 Å². The molecule has 0 spiro atoms. The van der Waals surface area contributed by atoms with Gasteiger partial charge in [0.05, 0.1) is 18.9 Å². The molecule has 9 heteroatoms. The van der Waals surface area contributed by atoms with E-state index in [2.05, 4.69) is 5.32 Å². The van der Waals surface area contributed by atoms with Crippen LogP contribution in [0.5, 0.6) is 11.5 Å². The lowest BCUT2D eigenvalue weighted by atomic mass is 10.1. The van der Waals surface area contributed by atoms with Crippen molar-refractivity contribution in [1.29, 1.82) is 0 Å². The number of carbonyl (C=O) groups is 3. The largest absolute Gasteiger partial charge is 0.490 e. The number of benzene rings is 2. The van der Waals surface area contributed by atoms with Gasteiger partial charge in [-0.25, -0.2) is 4.79 Å². The first-order valence-corrected chi connectivity index (χ1v) is 10.4. The molecule has 0 radical (unpaired) electrons. The van der Waals surface area contributed by atoms with Gasteiger partial charge in [0.25, 0.3) is 11.8 Å². The summed E-state index contributed by atoms with van der Waals surface area (Å²) >= 11 is 5.19. The number of para-hydroxylation sites is 1. The predicted molar refractivity (Wildman–Crippen MR) is 122 cm³/mol. The fraction of sp³-hybridized carbons (Fsp3) is 0.217. The molecule has 1 aliphatic rings. The molecule has 0 atom stereocenters. The zero-order valence-electron chi connectivity index (χ0n) is 17.6. The van der Waals surface area contributed by atoms with E-state index >= 15 is 0 Å². The molecule has 0 saturated carbocycles. The van der Waals surface area contributed by atoms with Crippen molar-refractivity contribution < 1.29 is 28.6 Å². The summed E-state index contributed by atoms with van der Waals surface area (Å²) in [5.41, 5.74) is 1.01. The Morgan fingerprint density at radius 2 is 1.78 bits per heavy atom. The second kappa shape index (κ2) is 10.5. The van der Waals surface area contributed by atoms with Crippen LogP contribution in [0.3, 0.4) is 0 Å². The summed E-state index contributed by atoms with van der Waals surface area (Å²) in [4.78, 5) is 38.4. The van der Waals surface area contributed by atoms with E-state index in [-0.39, 0.29) is 23.9 Å². The molecule has 0 bridgehead atoms. The van der Waals surface area contributed by atoms with Gasteiger partial charge in [-0.15, -0.1) is 0 Å². The Hall–Kier alpha value is -3.72. The van der Waals surface area contributed by atoms with E-state index in [4.69, 9.17) is 26.4 Å². The van der Waals surface area contributed by atoms with Crippen LogP contribution >= 0.6 is 12.2 Å². The van der Waals surface area contributed by atoms with Crippen LogP contribution in [0.1, 0.15) is 19.4 Å².